The Morgan fingerprint density at radius 3 is 2.21 bits per heavy atom. The standard InChI is InChI=1S/C9H10Cl3NO/c1-5(13-14)2-7-8(11)3-6(10)4-9(7)12/h3-5,13-14H,2H2,1H3/t5-/m0/s1. The predicted molar refractivity (Wildman–Crippen MR) is 59.6 cm³/mol. The van der Waals surface area contributed by atoms with E-state index in [2.05, 4.69) is 5.48 Å². The molecule has 1 aromatic rings. The van der Waals surface area contributed by atoms with Gasteiger partial charge in [0.25, 0.3) is 0 Å². The van der Waals surface area contributed by atoms with E-state index in [9.17, 15) is 0 Å². The Labute approximate surface area is 97.7 Å². The number of nitrogens with one attached hydrogen (secondary N) is 1. The van der Waals surface area contributed by atoms with Gasteiger partial charge in [0, 0.05) is 21.1 Å². The van der Waals surface area contributed by atoms with Gasteiger partial charge in [-0.2, -0.15) is 0 Å². The van der Waals surface area contributed by atoms with Crippen LogP contribution in [0.5, 0.6) is 0 Å². The average Bonchev–Trinajstić information content (AvgIpc) is 2.10. The molecule has 1 aromatic carbocycles. The van der Waals surface area contributed by atoms with Crippen molar-refractivity contribution in [1.29, 1.82) is 0 Å². The molecule has 0 aliphatic carbocycles. The number of hydrogen-bond donors (Lipinski definition) is 2. The third-order valence-electron chi connectivity index (χ3n) is 1.84. The lowest BCUT2D eigenvalue weighted by atomic mass is 10.1. The zero-order valence-corrected chi connectivity index (χ0v) is 9.79. The molecule has 14 heavy (non-hydrogen) atoms. The van der Waals surface area contributed by atoms with Crippen molar-refractivity contribution in [2.24, 2.45) is 0 Å². The van der Waals surface area contributed by atoms with Gasteiger partial charge in [0.2, 0.25) is 0 Å². The summed E-state index contributed by atoms with van der Waals surface area (Å²) in [5.41, 5.74) is 2.92. The van der Waals surface area contributed by atoms with Crippen molar-refractivity contribution in [3.05, 3.63) is 32.8 Å². The van der Waals surface area contributed by atoms with Crippen molar-refractivity contribution in [3.63, 3.8) is 0 Å². The lowest BCUT2D eigenvalue weighted by Crippen LogP contribution is -2.24. The van der Waals surface area contributed by atoms with E-state index in [0.717, 1.165) is 5.56 Å². The first-order valence-corrected chi connectivity index (χ1v) is 5.21. The maximum absolute atomic E-state index is 8.67. The van der Waals surface area contributed by atoms with Gasteiger partial charge in [-0.15, -0.1) is 0 Å². The SMILES string of the molecule is C[C@@H](Cc1c(Cl)cc(Cl)cc1Cl)NO. The fraction of sp³-hybridized carbons (Fsp3) is 0.333. The second kappa shape index (κ2) is 5.19. The molecule has 0 aliphatic heterocycles. The van der Waals surface area contributed by atoms with E-state index in [4.69, 9.17) is 40.0 Å². The van der Waals surface area contributed by atoms with Crippen LogP contribution in [-0.2, 0) is 6.42 Å². The smallest absolute Gasteiger partial charge is 0.0468 e. The summed E-state index contributed by atoms with van der Waals surface area (Å²) >= 11 is 17.7. The lowest BCUT2D eigenvalue weighted by Gasteiger charge is -2.12. The molecule has 78 valence electrons. The maximum Gasteiger partial charge on any atom is 0.0468 e. The molecular weight excluding hydrogens is 244 g/mol. The van der Waals surface area contributed by atoms with Crippen LogP contribution in [0.3, 0.4) is 0 Å². The fourth-order valence-corrected chi connectivity index (χ4v) is 2.09. The Kier molecular flexibility index (Phi) is 4.48. The molecule has 1 atom stereocenters. The van der Waals surface area contributed by atoms with Gasteiger partial charge in [0.15, 0.2) is 0 Å². The van der Waals surface area contributed by atoms with Crippen molar-refractivity contribution in [2.45, 2.75) is 19.4 Å². The van der Waals surface area contributed by atoms with Crippen LogP contribution >= 0.6 is 34.8 Å². The van der Waals surface area contributed by atoms with Gasteiger partial charge in [0.05, 0.1) is 0 Å². The van der Waals surface area contributed by atoms with Crippen LogP contribution in [0.25, 0.3) is 0 Å². The van der Waals surface area contributed by atoms with Gasteiger partial charge in [-0.1, -0.05) is 34.8 Å². The van der Waals surface area contributed by atoms with Crippen molar-refractivity contribution < 1.29 is 5.21 Å². The highest BCUT2D eigenvalue weighted by atomic mass is 35.5. The molecule has 2 N–H and O–H groups in total. The van der Waals surface area contributed by atoms with E-state index in [1.807, 2.05) is 6.92 Å². The van der Waals surface area contributed by atoms with Gasteiger partial charge in [0.1, 0.15) is 0 Å². The molecule has 0 aromatic heterocycles. The second-order valence-electron chi connectivity index (χ2n) is 3.08. The molecule has 0 radical (unpaired) electrons. The number of hydroxylamine groups is 1. The van der Waals surface area contributed by atoms with E-state index >= 15 is 0 Å². The van der Waals surface area contributed by atoms with Crippen molar-refractivity contribution >= 4 is 34.8 Å². The molecule has 0 saturated heterocycles. The first kappa shape index (κ1) is 12.1. The Hall–Kier alpha value is 0.01000. The third-order valence-corrected chi connectivity index (χ3v) is 2.73. The maximum atomic E-state index is 8.67. The number of rotatable bonds is 3. The van der Waals surface area contributed by atoms with Gasteiger partial charge < -0.3 is 5.21 Å². The van der Waals surface area contributed by atoms with E-state index in [1.165, 1.54) is 0 Å². The highest BCUT2D eigenvalue weighted by Gasteiger charge is 2.10. The topological polar surface area (TPSA) is 32.3 Å². The summed E-state index contributed by atoms with van der Waals surface area (Å²) in [5, 5.41) is 10.2. The lowest BCUT2D eigenvalue weighted by molar-refractivity contribution is 0.133. The fourth-order valence-electron chi connectivity index (χ4n) is 1.12. The van der Waals surface area contributed by atoms with Crippen LogP contribution in [0.4, 0.5) is 0 Å². The molecule has 1 rings (SSSR count). The minimum atomic E-state index is -0.105. The van der Waals surface area contributed by atoms with E-state index in [-0.39, 0.29) is 6.04 Å². The average molecular weight is 255 g/mol. The first-order chi connectivity index (χ1) is 6.54. The van der Waals surface area contributed by atoms with E-state index in [0.29, 0.717) is 21.5 Å². The molecule has 0 spiro atoms. The zero-order chi connectivity index (χ0) is 10.7. The second-order valence-corrected chi connectivity index (χ2v) is 4.33. The van der Waals surface area contributed by atoms with Gasteiger partial charge in [-0.05, 0) is 31.0 Å². The normalized spacial score (nSPS) is 12.9. The van der Waals surface area contributed by atoms with Crippen LogP contribution in [0, 0.1) is 0 Å². The number of benzene rings is 1. The molecule has 0 heterocycles. The highest BCUT2D eigenvalue weighted by Crippen LogP contribution is 2.29. The van der Waals surface area contributed by atoms with Crippen LogP contribution < -0.4 is 5.48 Å². The Morgan fingerprint density at radius 2 is 1.79 bits per heavy atom. The molecule has 0 fully saturated rings. The predicted octanol–water partition coefficient (Wildman–Crippen LogP) is 3.56. The minimum Gasteiger partial charge on any atom is -0.317 e. The third kappa shape index (κ3) is 3.01. The van der Waals surface area contributed by atoms with E-state index in [1.54, 1.807) is 12.1 Å². The van der Waals surface area contributed by atoms with Gasteiger partial charge in [-0.25, -0.2) is 5.48 Å². The van der Waals surface area contributed by atoms with Gasteiger partial charge in [-0.3, -0.25) is 0 Å². The molecular formula is C9H10Cl3NO. The Balaban J connectivity index is 2.96. The summed E-state index contributed by atoms with van der Waals surface area (Å²) in [6, 6.07) is 3.16. The molecule has 2 nitrogen and oxygen atoms in total. The van der Waals surface area contributed by atoms with Crippen molar-refractivity contribution in [3.8, 4) is 0 Å². The summed E-state index contributed by atoms with van der Waals surface area (Å²) in [6.45, 7) is 1.82. The number of hydrogen-bond acceptors (Lipinski definition) is 2. The minimum absolute atomic E-state index is 0.105. The Morgan fingerprint density at radius 1 is 1.29 bits per heavy atom. The largest absolute Gasteiger partial charge is 0.317 e. The summed E-state index contributed by atoms with van der Waals surface area (Å²) in [6.07, 6.45) is 0.547. The summed E-state index contributed by atoms with van der Waals surface area (Å²) in [5.74, 6) is 0. The summed E-state index contributed by atoms with van der Waals surface area (Å²) < 4.78 is 0. The molecule has 5 heteroatoms. The van der Waals surface area contributed by atoms with Crippen molar-refractivity contribution in [2.75, 3.05) is 0 Å². The van der Waals surface area contributed by atoms with Crippen LogP contribution in [-0.4, -0.2) is 11.2 Å². The molecule has 0 unspecified atom stereocenters. The van der Waals surface area contributed by atoms with Crippen LogP contribution in [0.1, 0.15) is 12.5 Å². The number of halogens is 3. The molecule has 0 saturated carbocycles. The van der Waals surface area contributed by atoms with Gasteiger partial charge >= 0.3 is 0 Å². The summed E-state index contributed by atoms with van der Waals surface area (Å²) in [7, 11) is 0. The van der Waals surface area contributed by atoms with Crippen LogP contribution in [0.15, 0.2) is 12.1 Å². The van der Waals surface area contributed by atoms with Crippen LogP contribution in [0.2, 0.25) is 15.1 Å². The highest BCUT2D eigenvalue weighted by molar-refractivity contribution is 6.39. The van der Waals surface area contributed by atoms with Crippen molar-refractivity contribution in [1.82, 2.24) is 5.48 Å². The quantitative estimate of drug-likeness (QED) is 0.809. The molecule has 0 aliphatic rings. The molecule has 0 amide bonds. The summed E-state index contributed by atoms with van der Waals surface area (Å²) in [4.78, 5) is 0. The van der Waals surface area contributed by atoms with E-state index < -0.39 is 0 Å². The molecule has 0 bridgehead atoms. The zero-order valence-electron chi connectivity index (χ0n) is 7.52. The Bertz CT molecular complexity index is 307. The monoisotopic (exact) mass is 253 g/mol. The first-order valence-electron chi connectivity index (χ1n) is 4.07.